The highest BCUT2D eigenvalue weighted by Gasteiger charge is 2.32. The first-order valence-corrected chi connectivity index (χ1v) is 11.9. The molecule has 0 spiro atoms. The van der Waals surface area contributed by atoms with E-state index in [-0.39, 0.29) is 30.3 Å². The van der Waals surface area contributed by atoms with Gasteiger partial charge in [-0.3, -0.25) is 4.79 Å². The molecule has 0 aliphatic carbocycles. The first kappa shape index (κ1) is 28.2. The fourth-order valence-corrected chi connectivity index (χ4v) is 3.58. The minimum atomic E-state index is -0.873. The lowest BCUT2D eigenvalue weighted by Gasteiger charge is -2.33. The molecule has 1 unspecified atom stereocenters. The molecule has 8 nitrogen and oxygen atoms in total. The fourth-order valence-electron chi connectivity index (χ4n) is 3.06. The zero-order valence-electron chi connectivity index (χ0n) is 21.0. The van der Waals surface area contributed by atoms with E-state index in [1.807, 2.05) is 31.2 Å². The number of thiocarbonyl (C=S) groups is 1. The molecular weight excluding hydrogens is 486 g/mol. The summed E-state index contributed by atoms with van der Waals surface area (Å²) in [4.78, 5) is 25.8. The lowest BCUT2D eigenvalue weighted by atomic mass is 9.92. The summed E-state index contributed by atoms with van der Waals surface area (Å²) >= 11 is 11.8. The number of carbonyl (C=O) groups excluding carboxylic acids is 2. The van der Waals surface area contributed by atoms with E-state index in [1.54, 1.807) is 53.1 Å². The van der Waals surface area contributed by atoms with E-state index in [4.69, 9.17) is 34.3 Å². The summed E-state index contributed by atoms with van der Waals surface area (Å²) in [5, 5.41) is 10.00. The van der Waals surface area contributed by atoms with Gasteiger partial charge in [0, 0.05) is 25.7 Å². The van der Waals surface area contributed by atoms with Gasteiger partial charge in [-0.1, -0.05) is 35.9 Å². The Bertz CT molecular complexity index is 1090. The maximum Gasteiger partial charge on any atom is 0.317 e. The van der Waals surface area contributed by atoms with Crippen LogP contribution < -0.4 is 21.7 Å². The molecule has 5 N–H and O–H groups in total. The van der Waals surface area contributed by atoms with Gasteiger partial charge >= 0.3 is 12.0 Å². The van der Waals surface area contributed by atoms with E-state index < -0.39 is 11.0 Å². The van der Waals surface area contributed by atoms with Gasteiger partial charge in [-0.25, -0.2) is 4.79 Å². The van der Waals surface area contributed by atoms with E-state index in [0.29, 0.717) is 16.4 Å². The van der Waals surface area contributed by atoms with Gasteiger partial charge in [-0.15, -0.1) is 0 Å². The van der Waals surface area contributed by atoms with Gasteiger partial charge in [0.25, 0.3) is 0 Å². The molecule has 190 valence electrons. The minimum Gasteiger partial charge on any atom is -0.462 e. The number of nitrogens with zero attached hydrogens (tertiary/aromatic N) is 1. The number of anilines is 2. The summed E-state index contributed by atoms with van der Waals surface area (Å²) in [6.07, 6.45) is 0. The normalized spacial score (nSPS) is 12.8. The quantitative estimate of drug-likeness (QED) is 0.242. The molecule has 10 heteroatoms. The SMILES string of the molecule is CN(C)C(=O)NCc1cccc(NC(=S)NC(C)(COC(=O)C(C)(C)C)c2cccc(Cl)c2)c1N. The molecule has 0 bridgehead atoms. The van der Waals surface area contributed by atoms with Crippen LogP contribution in [0.2, 0.25) is 5.02 Å². The van der Waals surface area contributed by atoms with Crippen LogP contribution in [-0.4, -0.2) is 42.7 Å². The first-order valence-electron chi connectivity index (χ1n) is 11.1. The number of para-hydroxylation sites is 1. The molecule has 2 aromatic rings. The predicted octanol–water partition coefficient (Wildman–Crippen LogP) is 4.48. The molecule has 0 aliphatic rings. The number of halogens is 1. The maximum atomic E-state index is 12.4. The van der Waals surface area contributed by atoms with Crippen molar-refractivity contribution >= 4 is 52.3 Å². The molecule has 0 radical (unpaired) electrons. The van der Waals surface area contributed by atoms with Gasteiger partial charge in [0.05, 0.1) is 22.3 Å². The number of esters is 1. The topological polar surface area (TPSA) is 109 Å². The van der Waals surface area contributed by atoms with Gasteiger partial charge in [0.2, 0.25) is 0 Å². The van der Waals surface area contributed by atoms with Crippen molar-refractivity contribution < 1.29 is 14.3 Å². The molecule has 0 aliphatic heterocycles. The van der Waals surface area contributed by atoms with Crippen LogP contribution in [-0.2, 0) is 21.6 Å². The molecule has 35 heavy (non-hydrogen) atoms. The van der Waals surface area contributed by atoms with Crippen molar-refractivity contribution in [1.82, 2.24) is 15.5 Å². The Morgan fingerprint density at radius 2 is 1.77 bits per heavy atom. The lowest BCUT2D eigenvalue weighted by molar-refractivity contribution is -0.155. The highest BCUT2D eigenvalue weighted by Crippen LogP contribution is 2.27. The molecule has 2 rings (SSSR count). The predicted molar refractivity (Wildman–Crippen MR) is 145 cm³/mol. The second-order valence-electron chi connectivity index (χ2n) is 9.68. The van der Waals surface area contributed by atoms with Gasteiger partial charge in [-0.05, 0) is 69.2 Å². The average molecular weight is 520 g/mol. The van der Waals surface area contributed by atoms with Gasteiger partial charge in [0.15, 0.2) is 5.11 Å². The molecule has 0 saturated heterocycles. The summed E-state index contributed by atoms with van der Waals surface area (Å²) in [5.41, 5.74) is 7.39. The number of hydrogen-bond donors (Lipinski definition) is 4. The molecule has 0 fully saturated rings. The van der Waals surface area contributed by atoms with Crippen molar-refractivity contribution in [2.24, 2.45) is 5.41 Å². The van der Waals surface area contributed by atoms with Crippen LogP contribution in [0, 0.1) is 5.41 Å². The second-order valence-corrected chi connectivity index (χ2v) is 10.5. The van der Waals surface area contributed by atoms with Crippen molar-refractivity contribution in [1.29, 1.82) is 0 Å². The Balaban J connectivity index is 2.22. The smallest absolute Gasteiger partial charge is 0.317 e. The number of ether oxygens (including phenoxy) is 1. The molecule has 0 heterocycles. The standard InChI is InChI=1S/C25H34ClN5O3S/c1-24(2,3)21(32)34-15-25(4,17-10-8-11-18(26)13-17)30-22(35)29-19-12-7-9-16(20(19)27)14-28-23(33)31(5)6/h7-13H,14-15,27H2,1-6H3,(H,28,33)(H2,29,30,35). The van der Waals surface area contributed by atoms with E-state index in [1.165, 1.54) is 4.90 Å². The van der Waals surface area contributed by atoms with Crippen molar-refractivity contribution in [3.8, 4) is 0 Å². The van der Waals surface area contributed by atoms with E-state index in [0.717, 1.165) is 11.1 Å². The molecular formula is C25H34ClN5O3S. The van der Waals surface area contributed by atoms with E-state index >= 15 is 0 Å². The number of nitrogen functional groups attached to an aromatic ring is 1. The third kappa shape index (κ3) is 8.00. The van der Waals surface area contributed by atoms with Crippen LogP contribution in [0.25, 0.3) is 0 Å². The zero-order chi connectivity index (χ0) is 26.4. The van der Waals surface area contributed by atoms with Crippen molar-refractivity contribution in [2.75, 3.05) is 31.8 Å². The van der Waals surface area contributed by atoms with Crippen LogP contribution in [0.5, 0.6) is 0 Å². The number of rotatable bonds is 7. The second kappa shape index (κ2) is 11.6. The van der Waals surface area contributed by atoms with Crippen LogP contribution in [0.4, 0.5) is 16.2 Å². The van der Waals surface area contributed by atoms with Gasteiger partial charge in [0.1, 0.15) is 6.61 Å². The summed E-state index contributed by atoms with van der Waals surface area (Å²) in [6, 6.07) is 12.5. The van der Waals surface area contributed by atoms with Crippen molar-refractivity contribution in [3.05, 3.63) is 58.6 Å². The van der Waals surface area contributed by atoms with Gasteiger partial charge < -0.3 is 31.3 Å². The number of amides is 2. The summed E-state index contributed by atoms with van der Waals surface area (Å²) in [6.45, 7) is 7.55. The van der Waals surface area contributed by atoms with Crippen LogP contribution >= 0.6 is 23.8 Å². The minimum absolute atomic E-state index is 0.0252. The third-order valence-electron chi connectivity index (χ3n) is 5.24. The molecule has 1 atom stereocenters. The Morgan fingerprint density at radius 1 is 1.11 bits per heavy atom. The summed E-state index contributed by atoms with van der Waals surface area (Å²) in [7, 11) is 3.33. The number of benzene rings is 2. The Morgan fingerprint density at radius 3 is 2.37 bits per heavy atom. The number of urea groups is 1. The molecule has 2 aromatic carbocycles. The number of nitrogens with one attached hydrogen (secondary N) is 3. The monoisotopic (exact) mass is 519 g/mol. The number of hydrogen-bond acceptors (Lipinski definition) is 5. The van der Waals surface area contributed by atoms with Crippen LogP contribution in [0.1, 0.15) is 38.8 Å². The van der Waals surface area contributed by atoms with Crippen molar-refractivity contribution in [2.45, 2.75) is 39.8 Å². The Kier molecular flexibility index (Phi) is 9.34. The third-order valence-corrected chi connectivity index (χ3v) is 5.68. The lowest BCUT2D eigenvalue weighted by Crippen LogP contribution is -2.49. The Labute approximate surface area is 217 Å². The maximum absolute atomic E-state index is 12.4. The van der Waals surface area contributed by atoms with Crippen LogP contribution in [0.15, 0.2) is 42.5 Å². The molecule has 0 saturated carbocycles. The van der Waals surface area contributed by atoms with E-state index in [9.17, 15) is 9.59 Å². The van der Waals surface area contributed by atoms with Crippen molar-refractivity contribution in [3.63, 3.8) is 0 Å². The summed E-state index contributed by atoms with van der Waals surface area (Å²) < 4.78 is 5.63. The summed E-state index contributed by atoms with van der Waals surface area (Å²) in [5.74, 6) is -0.330. The highest BCUT2D eigenvalue weighted by atomic mass is 35.5. The number of carbonyl (C=O) groups is 2. The largest absolute Gasteiger partial charge is 0.462 e. The first-order chi connectivity index (χ1) is 16.2. The Hall–Kier alpha value is -3.04. The molecule has 0 aromatic heterocycles. The average Bonchev–Trinajstić information content (AvgIpc) is 2.77. The zero-order valence-corrected chi connectivity index (χ0v) is 22.6. The highest BCUT2D eigenvalue weighted by molar-refractivity contribution is 7.80. The van der Waals surface area contributed by atoms with Gasteiger partial charge in [-0.2, -0.15) is 0 Å². The van der Waals surface area contributed by atoms with Crippen LogP contribution in [0.3, 0.4) is 0 Å². The number of nitrogens with two attached hydrogens (primary N) is 1. The molecule has 2 amide bonds. The fraction of sp³-hybridized carbons (Fsp3) is 0.400. The van der Waals surface area contributed by atoms with E-state index in [2.05, 4.69) is 16.0 Å².